The Morgan fingerprint density at radius 1 is 1.33 bits per heavy atom. The van der Waals surface area contributed by atoms with Crippen molar-refractivity contribution in [2.45, 2.75) is 6.92 Å². The van der Waals surface area contributed by atoms with Gasteiger partial charge in [-0.25, -0.2) is 4.98 Å². The molecule has 4 nitrogen and oxygen atoms in total. The predicted molar refractivity (Wildman–Crippen MR) is 76.0 cm³/mol. The van der Waals surface area contributed by atoms with Crippen LogP contribution in [0.25, 0.3) is 0 Å². The zero-order valence-corrected chi connectivity index (χ0v) is 11.5. The van der Waals surface area contributed by atoms with Crippen molar-refractivity contribution >= 4 is 22.7 Å². The van der Waals surface area contributed by atoms with Gasteiger partial charge in [0.05, 0.1) is 0 Å². The molecular formula is C13H19N3OS. The zero-order chi connectivity index (χ0) is 12.8. The fourth-order valence-corrected chi connectivity index (χ4v) is 2.70. The first kappa shape index (κ1) is 13.4. The first-order valence-electron chi connectivity index (χ1n) is 6.27. The third-order valence-electron chi connectivity index (χ3n) is 3.06. The van der Waals surface area contributed by atoms with E-state index in [1.54, 1.807) is 6.92 Å². The Kier molecular flexibility index (Phi) is 5.01. The number of carbonyl (C=O) groups excluding carboxylic acids is 1. The van der Waals surface area contributed by atoms with Crippen LogP contribution in [0.15, 0.2) is 24.4 Å². The highest BCUT2D eigenvalue weighted by molar-refractivity contribution is 8.13. The highest BCUT2D eigenvalue weighted by Gasteiger charge is 2.17. The summed E-state index contributed by atoms with van der Waals surface area (Å²) in [5.41, 5.74) is 0. The van der Waals surface area contributed by atoms with Crippen LogP contribution in [0.3, 0.4) is 0 Å². The molecule has 18 heavy (non-hydrogen) atoms. The van der Waals surface area contributed by atoms with Crippen molar-refractivity contribution < 1.29 is 4.79 Å². The van der Waals surface area contributed by atoms with Gasteiger partial charge in [0.1, 0.15) is 5.82 Å². The summed E-state index contributed by atoms with van der Waals surface area (Å²) in [6.07, 6.45) is 1.84. The van der Waals surface area contributed by atoms with Crippen molar-refractivity contribution in [3.05, 3.63) is 24.4 Å². The highest BCUT2D eigenvalue weighted by Crippen LogP contribution is 2.12. The SMILES string of the molecule is CC(=O)SCCN1CCN(c2ccccn2)CC1. The maximum absolute atomic E-state index is 10.9. The lowest BCUT2D eigenvalue weighted by Gasteiger charge is -2.35. The Morgan fingerprint density at radius 2 is 2.11 bits per heavy atom. The molecule has 1 fully saturated rings. The van der Waals surface area contributed by atoms with E-state index in [0.717, 1.165) is 44.3 Å². The number of pyridine rings is 1. The van der Waals surface area contributed by atoms with Gasteiger partial charge in [-0.2, -0.15) is 0 Å². The van der Waals surface area contributed by atoms with E-state index in [4.69, 9.17) is 0 Å². The van der Waals surface area contributed by atoms with Crippen LogP contribution in [0.1, 0.15) is 6.92 Å². The van der Waals surface area contributed by atoms with Gasteiger partial charge >= 0.3 is 0 Å². The second kappa shape index (κ2) is 6.75. The van der Waals surface area contributed by atoms with E-state index in [2.05, 4.69) is 20.9 Å². The monoisotopic (exact) mass is 265 g/mol. The van der Waals surface area contributed by atoms with E-state index in [-0.39, 0.29) is 5.12 Å². The molecule has 0 amide bonds. The van der Waals surface area contributed by atoms with Crippen LogP contribution in [0.4, 0.5) is 5.82 Å². The third-order valence-corrected chi connectivity index (χ3v) is 3.85. The van der Waals surface area contributed by atoms with Crippen LogP contribution in [0.5, 0.6) is 0 Å². The average Bonchev–Trinajstić information content (AvgIpc) is 2.40. The summed E-state index contributed by atoms with van der Waals surface area (Å²) in [5.74, 6) is 1.97. The molecule has 1 aliphatic rings. The molecule has 2 rings (SSSR count). The first-order valence-corrected chi connectivity index (χ1v) is 7.26. The molecule has 1 aromatic rings. The quantitative estimate of drug-likeness (QED) is 0.824. The molecule has 0 unspecified atom stereocenters. The van der Waals surface area contributed by atoms with Crippen LogP contribution >= 0.6 is 11.8 Å². The van der Waals surface area contributed by atoms with Crippen molar-refractivity contribution in [3.8, 4) is 0 Å². The number of rotatable bonds is 4. The maximum Gasteiger partial charge on any atom is 0.185 e. The number of thioether (sulfide) groups is 1. The number of carbonyl (C=O) groups is 1. The van der Waals surface area contributed by atoms with Gasteiger partial charge in [0.2, 0.25) is 0 Å². The number of hydrogen-bond donors (Lipinski definition) is 0. The predicted octanol–water partition coefficient (Wildman–Crippen LogP) is 1.48. The third kappa shape index (κ3) is 3.99. The fourth-order valence-electron chi connectivity index (χ4n) is 2.06. The van der Waals surface area contributed by atoms with E-state index >= 15 is 0 Å². The molecule has 0 radical (unpaired) electrons. The summed E-state index contributed by atoms with van der Waals surface area (Å²) in [5, 5.41) is 0.210. The number of hydrogen-bond acceptors (Lipinski definition) is 5. The summed E-state index contributed by atoms with van der Waals surface area (Å²) in [7, 11) is 0. The van der Waals surface area contributed by atoms with Crippen molar-refractivity contribution in [1.29, 1.82) is 0 Å². The Bertz CT molecular complexity index is 377. The zero-order valence-electron chi connectivity index (χ0n) is 10.7. The largest absolute Gasteiger partial charge is 0.354 e. The first-order chi connectivity index (χ1) is 8.75. The molecule has 1 aliphatic heterocycles. The van der Waals surface area contributed by atoms with Crippen molar-refractivity contribution in [2.75, 3.05) is 43.4 Å². The number of aromatic nitrogens is 1. The van der Waals surface area contributed by atoms with Gasteiger partial charge in [0.15, 0.2) is 5.12 Å². The minimum atomic E-state index is 0.210. The van der Waals surface area contributed by atoms with Crippen molar-refractivity contribution in [1.82, 2.24) is 9.88 Å². The Hall–Kier alpha value is -1.07. The molecule has 2 heterocycles. The van der Waals surface area contributed by atoms with Crippen LogP contribution in [-0.2, 0) is 4.79 Å². The molecule has 5 heteroatoms. The van der Waals surface area contributed by atoms with Crippen LogP contribution in [0.2, 0.25) is 0 Å². The number of nitrogens with zero attached hydrogens (tertiary/aromatic N) is 3. The normalized spacial score (nSPS) is 16.8. The van der Waals surface area contributed by atoms with E-state index in [9.17, 15) is 4.79 Å². The summed E-state index contributed by atoms with van der Waals surface area (Å²) >= 11 is 1.42. The maximum atomic E-state index is 10.9. The van der Waals surface area contributed by atoms with Gasteiger partial charge < -0.3 is 4.90 Å². The number of anilines is 1. The lowest BCUT2D eigenvalue weighted by molar-refractivity contribution is -0.109. The molecule has 0 saturated carbocycles. The molecule has 98 valence electrons. The van der Waals surface area contributed by atoms with Crippen LogP contribution < -0.4 is 4.90 Å². The summed E-state index contributed by atoms with van der Waals surface area (Å²) in [6, 6.07) is 6.03. The van der Waals surface area contributed by atoms with Gasteiger partial charge in [-0.3, -0.25) is 9.69 Å². The van der Waals surface area contributed by atoms with E-state index in [1.807, 2.05) is 18.3 Å². The number of piperazine rings is 1. The van der Waals surface area contributed by atoms with Crippen molar-refractivity contribution in [3.63, 3.8) is 0 Å². The molecule has 0 N–H and O–H groups in total. The Labute approximate surface area is 112 Å². The smallest absolute Gasteiger partial charge is 0.185 e. The topological polar surface area (TPSA) is 36.4 Å². The second-order valence-electron chi connectivity index (χ2n) is 4.36. The lowest BCUT2D eigenvalue weighted by atomic mass is 10.3. The molecule has 0 atom stereocenters. The lowest BCUT2D eigenvalue weighted by Crippen LogP contribution is -2.47. The molecule has 0 aromatic carbocycles. The van der Waals surface area contributed by atoms with Crippen LogP contribution in [-0.4, -0.2) is 53.5 Å². The summed E-state index contributed by atoms with van der Waals surface area (Å²) < 4.78 is 0. The van der Waals surface area contributed by atoms with Gasteiger partial charge in [-0.05, 0) is 12.1 Å². The molecule has 0 spiro atoms. The van der Waals surface area contributed by atoms with E-state index < -0.39 is 0 Å². The van der Waals surface area contributed by atoms with E-state index in [1.165, 1.54) is 11.8 Å². The van der Waals surface area contributed by atoms with Gasteiger partial charge in [0.25, 0.3) is 0 Å². The second-order valence-corrected chi connectivity index (χ2v) is 5.63. The van der Waals surface area contributed by atoms with Gasteiger partial charge in [0, 0.05) is 51.6 Å². The summed E-state index contributed by atoms with van der Waals surface area (Å²) in [4.78, 5) is 19.9. The fraction of sp³-hybridized carbons (Fsp3) is 0.538. The standard InChI is InChI=1S/C13H19N3OS/c1-12(17)18-11-10-15-6-8-16(9-7-15)13-4-2-3-5-14-13/h2-5H,6-11H2,1H3. The van der Waals surface area contributed by atoms with Gasteiger partial charge in [-0.1, -0.05) is 17.8 Å². The average molecular weight is 265 g/mol. The van der Waals surface area contributed by atoms with Gasteiger partial charge in [-0.15, -0.1) is 0 Å². The molecule has 1 aromatic heterocycles. The minimum Gasteiger partial charge on any atom is -0.354 e. The molecule has 0 aliphatic carbocycles. The summed E-state index contributed by atoms with van der Waals surface area (Å²) in [6.45, 7) is 6.76. The highest BCUT2D eigenvalue weighted by atomic mass is 32.2. The van der Waals surface area contributed by atoms with Crippen LogP contribution in [0, 0.1) is 0 Å². The Balaban J connectivity index is 1.73. The molecular weight excluding hydrogens is 246 g/mol. The van der Waals surface area contributed by atoms with E-state index in [0.29, 0.717) is 0 Å². The minimum absolute atomic E-state index is 0.210. The molecule has 0 bridgehead atoms. The Morgan fingerprint density at radius 3 is 2.72 bits per heavy atom. The van der Waals surface area contributed by atoms with Crippen molar-refractivity contribution in [2.24, 2.45) is 0 Å². The molecule has 1 saturated heterocycles.